The molecule has 1 aromatic rings. The average molecular weight is 338 g/mol. The van der Waals surface area contributed by atoms with E-state index in [1.807, 2.05) is 13.1 Å². The van der Waals surface area contributed by atoms with Crippen molar-refractivity contribution in [3.05, 3.63) is 11.8 Å². The summed E-state index contributed by atoms with van der Waals surface area (Å²) in [5, 5.41) is 0. The van der Waals surface area contributed by atoms with Gasteiger partial charge in [-0.3, -0.25) is 0 Å². The number of nitrogen functional groups attached to an aromatic ring is 1. The van der Waals surface area contributed by atoms with Gasteiger partial charge >= 0.3 is 0 Å². The second kappa shape index (κ2) is 9.25. The van der Waals surface area contributed by atoms with Crippen LogP contribution in [0.15, 0.2) is 6.07 Å². The van der Waals surface area contributed by atoms with E-state index in [9.17, 15) is 0 Å². The average Bonchev–Trinajstić information content (AvgIpc) is 2.34. The molecule has 21 heavy (non-hydrogen) atoms. The summed E-state index contributed by atoms with van der Waals surface area (Å²) in [6.07, 6.45) is 2.94. The Morgan fingerprint density at radius 3 is 2.57 bits per heavy atom. The number of aromatic nitrogens is 2. The quantitative estimate of drug-likeness (QED) is 0.766. The molecule has 1 fully saturated rings. The van der Waals surface area contributed by atoms with E-state index in [2.05, 4.69) is 14.9 Å². The van der Waals surface area contributed by atoms with Crippen LogP contribution in [0.5, 0.6) is 0 Å². The fourth-order valence-electron chi connectivity index (χ4n) is 2.34. The van der Waals surface area contributed by atoms with Gasteiger partial charge in [0.15, 0.2) is 0 Å². The van der Waals surface area contributed by atoms with Gasteiger partial charge in [-0.15, -0.1) is 24.8 Å². The molecule has 1 heterocycles. The van der Waals surface area contributed by atoms with Crippen molar-refractivity contribution in [3.63, 3.8) is 0 Å². The van der Waals surface area contributed by atoms with Crippen LogP contribution in [-0.4, -0.2) is 43.3 Å². The Morgan fingerprint density at radius 1 is 1.33 bits per heavy atom. The number of halogens is 2. The first-order valence-electron chi connectivity index (χ1n) is 6.70. The van der Waals surface area contributed by atoms with E-state index in [0.717, 1.165) is 43.9 Å². The van der Waals surface area contributed by atoms with Crippen LogP contribution >= 0.6 is 24.8 Å². The largest absolute Gasteiger partial charge is 0.385 e. The minimum atomic E-state index is 0. The molecule has 0 atom stereocenters. The maximum Gasteiger partial charge on any atom is 0.222 e. The van der Waals surface area contributed by atoms with Gasteiger partial charge < -0.3 is 21.1 Å². The molecular weight excluding hydrogens is 313 g/mol. The van der Waals surface area contributed by atoms with Crippen LogP contribution in [0, 0.1) is 0 Å². The maximum atomic E-state index is 5.82. The smallest absolute Gasteiger partial charge is 0.222 e. The predicted molar refractivity (Wildman–Crippen MR) is 90.7 cm³/mol. The lowest BCUT2D eigenvalue weighted by molar-refractivity contribution is 0.196. The number of anilines is 2. The fraction of sp³-hybridized carbons (Fsp3) is 0.692. The number of nitrogens with zero attached hydrogens (tertiary/aromatic N) is 3. The third-order valence-electron chi connectivity index (χ3n) is 3.58. The minimum Gasteiger partial charge on any atom is -0.385 e. The number of ether oxygens (including phenoxy) is 1. The van der Waals surface area contributed by atoms with Gasteiger partial charge in [0.05, 0.1) is 5.69 Å². The van der Waals surface area contributed by atoms with Crippen molar-refractivity contribution in [2.45, 2.75) is 31.2 Å². The van der Waals surface area contributed by atoms with Gasteiger partial charge in [0, 0.05) is 45.3 Å². The highest BCUT2D eigenvalue weighted by Crippen LogP contribution is 2.35. The minimum absolute atomic E-state index is 0. The van der Waals surface area contributed by atoms with Gasteiger partial charge in [-0.05, 0) is 19.3 Å². The summed E-state index contributed by atoms with van der Waals surface area (Å²) in [5.41, 5.74) is 12.6. The van der Waals surface area contributed by atoms with Crippen molar-refractivity contribution < 1.29 is 4.74 Å². The molecule has 122 valence electrons. The normalized spacial score (nSPS) is 20.0. The molecule has 0 aliphatic heterocycles. The molecule has 0 bridgehead atoms. The van der Waals surface area contributed by atoms with Gasteiger partial charge in [-0.25, -0.2) is 4.98 Å². The molecule has 8 heteroatoms. The number of nitrogens with two attached hydrogens (primary N) is 2. The van der Waals surface area contributed by atoms with E-state index >= 15 is 0 Å². The molecule has 0 aromatic carbocycles. The second-order valence-corrected chi connectivity index (χ2v) is 5.21. The first-order valence-corrected chi connectivity index (χ1v) is 6.70. The van der Waals surface area contributed by atoms with Gasteiger partial charge in [-0.1, -0.05) is 0 Å². The number of hydrogen-bond donors (Lipinski definition) is 2. The van der Waals surface area contributed by atoms with Crippen LogP contribution in [0.25, 0.3) is 0 Å². The zero-order valence-electron chi connectivity index (χ0n) is 12.5. The summed E-state index contributed by atoms with van der Waals surface area (Å²) in [6, 6.07) is 2.34. The van der Waals surface area contributed by atoms with Gasteiger partial charge in [0.25, 0.3) is 0 Å². The third kappa shape index (κ3) is 5.47. The van der Waals surface area contributed by atoms with Crippen LogP contribution in [0.2, 0.25) is 0 Å². The molecule has 0 radical (unpaired) electrons. The van der Waals surface area contributed by atoms with Crippen molar-refractivity contribution in [2.75, 3.05) is 37.9 Å². The number of methoxy groups -OCH3 is 1. The zero-order valence-corrected chi connectivity index (χ0v) is 14.1. The van der Waals surface area contributed by atoms with Crippen LogP contribution in [0.1, 0.15) is 30.9 Å². The van der Waals surface area contributed by atoms with Crippen LogP contribution < -0.4 is 16.4 Å². The van der Waals surface area contributed by atoms with Crippen LogP contribution in [0.3, 0.4) is 0 Å². The zero-order chi connectivity index (χ0) is 13.8. The van der Waals surface area contributed by atoms with E-state index in [0.29, 0.717) is 17.9 Å². The number of hydrogen-bond acceptors (Lipinski definition) is 6. The van der Waals surface area contributed by atoms with Crippen molar-refractivity contribution in [1.29, 1.82) is 0 Å². The molecule has 2 rings (SSSR count). The van der Waals surface area contributed by atoms with Crippen molar-refractivity contribution in [3.8, 4) is 0 Å². The highest BCUT2D eigenvalue weighted by molar-refractivity contribution is 5.85. The molecule has 0 spiro atoms. The molecular formula is C13H25Cl2N5O. The van der Waals surface area contributed by atoms with E-state index in [-0.39, 0.29) is 24.8 Å². The van der Waals surface area contributed by atoms with Gasteiger partial charge in [0.1, 0.15) is 5.82 Å². The van der Waals surface area contributed by atoms with E-state index < -0.39 is 0 Å². The molecule has 4 N–H and O–H groups in total. The van der Waals surface area contributed by atoms with Crippen molar-refractivity contribution >= 4 is 36.6 Å². The lowest BCUT2D eigenvalue weighted by Gasteiger charge is -2.32. The Balaban J connectivity index is 0.00000200. The topological polar surface area (TPSA) is 90.3 Å². The third-order valence-corrected chi connectivity index (χ3v) is 3.58. The van der Waals surface area contributed by atoms with Crippen molar-refractivity contribution in [2.24, 2.45) is 5.73 Å². The van der Waals surface area contributed by atoms with Crippen LogP contribution in [0.4, 0.5) is 11.8 Å². The molecule has 1 aliphatic rings. The molecule has 0 unspecified atom stereocenters. The SMILES string of the molecule is COCCCN(C)c1cc(C2CC(N)C2)nc(N)n1.Cl.Cl. The maximum absolute atomic E-state index is 5.82. The Labute approximate surface area is 138 Å². The second-order valence-electron chi connectivity index (χ2n) is 5.21. The highest BCUT2D eigenvalue weighted by Gasteiger charge is 2.29. The molecule has 1 saturated carbocycles. The molecule has 0 saturated heterocycles. The van der Waals surface area contributed by atoms with Crippen LogP contribution in [-0.2, 0) is 4.74 Å². The first-order chi connectivity index (χ1) is 9.10. The Morgan fingerprint density at radius 2 is 2.00 bits per heavy atom. The highest BCUT2D eigenvalue weighted by atomic mass is 35.5. The van der Waals surface area contributed by atoms with Gasteiger partial charge in [-0.2, -0.15) is 4.98 Å². The van der Waals surface area contributed by atoms with Gasteiger partial charge in [0.2, 0.25) is 5.95 Å². The van der Waals surface area contributed by atoms with Crippen molar-refractivity contribution in [1.82, 2.24) is 9.97 Å². The summed E-state index contributed by atoms with van der Waals surface area (Å²) < 4.78 is 5.05. The standard InChI is InChI=1S/C13H23N5O.2ClH/c1-18(4-3-5-19-2)12-8-11(16-13(15)17-12)9-6-10(14)7-9;;/h8-10H,3-7,14H2,1-2H3,(H2,15,16,17);2*1H. The Bertz CT molecular complexity index is 429. The number of rotatable bonds is 6. The molecule has 6 nitrogen and oxygen atoms in total. The molecule has 1 aliphatic carbocycles. The van der Waals surface area contributed by atoms with E-state index in [4.69, 9.17) is 16.2 Å². The first kappa shape index (κ1) is 20.2. The lowest BCUT2D eigenvalue weighted by atomic mass is 9.78. The summed E-state index contributed by atoms with van der Waals surface area (Å²) >= 11 is 0. The monoisotopic (exact) mass is 337 g/mol. The Hall–Kier alpha value is -0.820. The summed E-state index contributed by atoms with van der Waals surface area (Å²) in [5.74, 6) is 1.65. The fourth-order valence-corrected chi connectivity index (χ4v) is 2.34. The summed E-state index contributed by atoms with van der Waals surface area (Å²) in [4.78, 5) is 10.7. The Kier molecular flexibility index (Phi) is 8.89. The van der Waals surface area contributed by atoms with E-state index in [1.54, 1.807) is 7.11 Å². The summed E-state index contributed by atoms with van der Waals surface area (Å²) in [7, 11) is 3.72. The molecule has 1 aromatic heterocycles. The predicted octanol–water partition coefficient (Wildman–Crippen LogP) is 1.58. The molecule has 0 amide bonds. The van der Waals surface area contributed by atoms with E-state index in [1.165, 1.54) is 0 Å². The lowest BCUT2D eigenvalue weighted by Crippen LogP contribution is -2.35. The summed E-state index contributed by atoms with van der Waals surface area (Å²) in [6.45, 7) is 1.63.